The van der Waals surface area contributed by atoms with Gasteiger partial charge in [0, 0.05) is 11.3 Å². The monoisotopic (exact) mass is 488 g/mol. The molecule has 3 aromatic carbocycles. The van der Waals surface area contributed by atoms with Gasteiger partial charge >= 0.3 is 0 Å². The Morgan fingerprint density at radius 3 is 2.31 bits per heavy atom. The molecule has 1 atom stereocenters. The van der Waals surface area contributed by atoms with Crippen LogP contribution in [0.25, 0.3) is 17.1 Å². The number of ether oxygens (including phenoxy) is 2. The van der Waals surface area contributed by atoms with Gasteiger partial charge in [0.05, 0.1) is 25.5 Å². The molecule has 4 aromatic rings. The topological polar surface area (TPSA) is 78.3 Å². The number of hydrogen-bond acceptors (Lipinski definition) is 6. The number of nitrogens with one attached hydrogen (secondary N) is 1. The van der Waals surface area contributed by atoms with Crippen LogP contribution in [0.4, 0.5) is 0 Å². The molecule has 1 heterocycles. The van der Waals surface area contributed by atoms with Crippen LogP contribution < -0.4 is 14.8 Å². The summed E-state index contributed by atoms with van der Waals surface area (Å²) in [5.74, 6) is 2.38. The minimum Gasteiger partial charge on any atom is -0.497 e. The number of thioether (sulfide) groups is 1. The van der Waals surface area contributed by atoms with E-state index >= 15 is 0 Å². The van der Waals surface area contributed by atoms with Crippen molar-refractivity contribution in [3.05, 3.63) is 84.4 Å². The number of amides is 1. The Morgan fingerprint density at radius 1 is 0.971 bits per heavy atom. The molecule has 0 aliphatic rings. The lowest BCUT2D eigenvalue weighted by Gasteiger charge is -2.14. The molecule has 35 heavy (non-hydrogen) atoms. The Balaban J connectivity index is 1.57. The molecule has 0 aliphatic carbocycles. The molecule has 1 N–H and O–H groups in total. The Kier molecular flexibility index (Phi) is 8.05. The van der Waals surface area contributed by atoms with E-state index in [0.29, 0.717) is 17.6 Å². The number of nitrogens with zero attached hydrogens (tertiary/aromatic N) is 3. The molecule has 0 radical (unpaired) electrons. The molecule has 180 valence electrons. The van der Waals surface area contributed by atoms with Crippen LogP contribution in [0, 0.1) is 0 Å². The third kappa shape index (κ3) is 6.02. The highest BCUT2D eigenvalue weighted by Gasteiger charge is 2.18. The first-order chi connectivity index (χ1) is 17.1. The van der Waals surface area contributed by atoms with E-state index in [4.69, 9.17) is 9.47 Å². The van der Waals surface area contributed by atoms with Crippen LogP contribution in [0.15, 0.2) is 84.0 Å². The van der Waals surface area contributed by atoms with Crippen molar-refractivity contribution in [2.45, 2.75) is 25.0 Å². The molecular formula is C27H28N4O3S. The minimum absolute atomic E-state index is 0.0707. The zero-order chi connectivity index (χ0) is 24.6. The van der Waals surface area contributed by atoms with E-state index in [-0.39, 0.29) is 17.7 Å². The molecule has 0 saturated heterocycles. The molecule has 0 bridgehead atoms. The average Bonchev–Trinajstić information content (AvgIpc) is 3.32. The SMILES string of the molecule is CCOc1ccc(-n2c(SCC(=O)NC(C)c3ccccc3)nnc2-c2ccc(OC)cc2)cc1. The van der Waals surface area contributed by atoms with E-state index in [9.17, 15) is 4.79 Å². The van der Waals surface area contributed by atoms with Gasteiger partial charge in [-0.05, 0) is 67.9 Å². The second-order valence-electron chi connectivity index (χ2n) is 7.79. The highest BCUT2D eigenvalue weighted by atomic mass is 32.2. The molecule has 7 nitrogen and oxygen atoms in total. The van der Waals surface area contributed by atoms with Crippen molar-refractivity contribution < 1.29 is 14.3 Å². The number of carbonyl (C=O) groups is 1. The maximum absolute atomic E-state index is 12.7. The van der Waals surface area contributed by atoms with Crippen molar-refractivity contribution >= 4 is 17.7 Å². The summed E-state index contributed by atoms with van der Waals surface area (Å²) in [5, 5.41) is 12.5. The number of aromatic nitrogens is 3. The second-order valence-corrected chi connectivity index (χ2v) is 8.73. The van der Waals surface area contributed by atoms with Gasteiger partial charge in [0.1, 0.15) is 11.5 Å². The fourth-order valence-electron chi connectivity index (χ4n) is 3.62. The summed E-state index contributed by atoms with van der Waals surface area (Å²) in [5.41, 5.74) is 2.83. The smallest absolute Gasteiger partial charge is 0.230 e. The van der Waals surface area contributed by atoms with Gasteiger partial charge in [0.15, 0.2) is 11.0 Å². The fraction of sp³-hybridized carbons (Fsp3) is 0.222. The summed E-state index contributed by atoms with van der Waals surface area (Å²) in [7, 11) is 1.63. The molecule has 1 aromatic heterocycles. The third-order valence-corrected chi connectivity index (χ3v) is 6.33. The average molecular weight is 489 g/mol. The second kappa shape index (κ2) is 11.6. The van der Waals surface area contributed by atoms with Crippen molar-refractivity contribution in [1.29, 1.82) is 0 Å². The first kappa shape index (κ1) is 24.3. The van der Waals surface area contributed by atoms with Crippen LogP contribution in [0.1, 0.15) is 25.5 Å². The van der Waals surface area contributed by atoms with Crippen LogP contribution in [-0.2, 0) is 4.79 Å². The van der Waals surface area contributed by atoms with Gasteiger partial charge in [-0.2, -0.15) is 0 Å². The lowest BCUT2D eigenvalue weighted by Crippen LogP contribution is -2.28. The molecule has 4 rings (SSSR count). The highest BCUT2D eigenvalue weighted by molar-refractivity contribution is 7.99. The zero-order valence-electron chi connectivity index (χ0n) is 20.0. The highest BCUT2D eigenvalue weighted by Crippen LogP contribution is 2.30. The summed E-state index contributed by atoms with van der Waals surface area (Å²) in [6.07, 6.45) is 0. The molecule has 8 heteroatoms. The molecule has 0 fully saturated rings. The zero-order valence-corrected chi connectivity index (χ0v) is 20.8. The van der Waals surface area contributed by atoms with Crippen LogP contribution >= 0.6 is 11.8 Å². The number of methoxy groups -OCH3 is 1. The Labute approximate surface area is 209 Å². The lowest BCUT2D eigenvalue weighted by molar-refractivity contribution is -0.119. The normalized spacial score (nSPS) is 11.6. The Hall–Kier alpha value is -3.78. The van der Waals surface area contributed by atoms with Crippen LogP contribution in [0.5, 0.6) is 11.5 Å². The quantitative estimate of drug-likeness (QED) is 0.305. The van der Waals surface area contributed by atoms with Crippen LogP contribution in [-0.4, -0.2) is 40.1 Å². The van der Waals surface area contributed by atoms with Crippen molar-refractivity contribution in [1.82, 2.24) is 20.1 Å². The largest absolute Gasteiger partial charge is 0.497 e. The fourth-order valence-corrected chi connectivity index (χ4v) is 4.38. The van der Waals surface area contributed by atoms with Gasteiger partial charge < -0.3 is 14.8 Å². The Bertz CT molecular complexity index is 1240. The van der Waals surface area contributed by atoms with E-state index in [1.807, 2.05) is 97.3 Å². The number of carbonyl (C=O) groups excluding carboxylic acids is 1. The van der Waals surface area contributed by atoms with Crippen molar-refractivity contribution in [3.63, 3.8) is 0 Å². The molecular weight excluding hydrogens is 460 g/mol. The van der Waals surface area contributed by atoms with E-state index in [1.165, 1.54) is 11.8 Å². The molecule has 1 unspecified atom stereocenters. The Morgan fingerprint density at radius 2 is 1.66 bits per heavy atom. The van der Waals surface area contributed by atoms with Gasteiger partial charge in [-0.1, -0.05) is 42.1 Å². The predicted molar refractivity (Wildman–Crippen MR) is 138 cm³/mol. The van der Waals surface area contributed by atoms with Crippen LogP contribution in [0.3, 0.4) is 0 Å². The predicted octanol–water partition coefficient (Wildman–Crippen LogP) is 5.31. The molecule has 1 amide bonds. The standard InChI is InChI=1S/C27H28N4O3S/c1-4-34-24-16-12-22(13-17-24)31-26(21-10-14-23(33-3)15-11-21)29-30-27(31)35-18-25(32)28-19(2)20-8-6-5-7-9-20/h5-17,19H,4,18H2,1-3H3,(H,28,32). The number of rotatable bonds is 10. The van der Waals surface area contributed by atoms with E-state index in [1.54, 1.807) is 7.11 Å². The van der Waals surface area contributed by atoms with Crippen LogP contribution in [0.2, 0.25) is 0 Å². The van der Waals surface area contributed by atoms with Gasteiger partial charge in [-0.25, -0.2) is 0 Å². The van der Waals surface area contributed by atoms with Crippen molar-refractivity contribution in [2.75, 3.05) is 19.5 Å². The molecule has 0 saturated carbocycles. The van der Waals surface area contributed by atoms with E-state index in [0.717, 1.165) is 28.3 Å². The van der Waals surface area contributed by atoms with E-state index < -0.39 is 0 Å². The number of hydrogen-bond donors (Lipinski definition) is 1. The van der Waals surface area contributed by atoms with Gasteiger partial charge in [-0.3, -0.25) is 9.36 Å². The molecule has 0 spiro atoms. The lowest BCUT2D eigenvalue weighted by atomic mass is 10.1. The summed E-state index contributed by atoms with van der Waals surface area (Å²) in [6.45, 7) is 4.52. The number of benzene rings is 3. The first-order valence-electron chi connectivity index (χ1n) is 11.4. The molecule has 0 aliphatic heterocycles. The third-order valence-electron chi connectivity index (χ3n) is 5.40. The van der Waals surface area contributed by atoms with Gasteiger partial charge in [0.2, 0.25) is 5.91 Å². The maximum atomic E-state index is 12.7. The maximum Gasteiger partial charge on any atom is 0.230 e. The first-order valence-corrected chi connectivity index (χ1v) is 12.4. The minimum atomic E-state index is -0.0804. The summed E-state index contributed by atoms with van der Waals surface area (Å²) >= 11 is 1.35. The van der Waals surface area contributed by atoms with E-state index in [2.05, 4.69) is 15.5 Å². The van der Waals surface area contributed by atoms with Crippen molar-refractivity contribution in [2.24, 2.45) is 0 Å². The summed E-state index contributed by atoms with van der Waals surface area (Å²) in [6, 6.07) is 25.2. The van der Waals surface area contributed by atoms with Gasteiger partial charge in [0.25, 0.3) is 0 Å². The van der Waals surface area contributed by atoms with Crippen molar-refractivity contribution in [3.8, 4) is 28.6 Å². The summed E-state index contributed by atoms with van der Waals surface area (Å²) < 4.78 is 12.8. The summed E-state index contributed by atoms with van der Waals surface area (Å²) in [4.78, 5) is 12.7. The van der Waals surface area contributed by atoms with Gasteiger partial charge in [-0.15, -0.1) is 10.2 Å².